The van der Waals surface area contributed by atoms with Crippen molar-refractivity contribution in [2.24, 2.45) is 0 Å². The summed E-state index contributed by atoms with van der Waals surface area (Å²) in [7, 11) is 0. The maximum absolute atomic E-state index is 11.1. The van der Waals surface area contributed by atoms with Gasteiger partial charge in [-0.3, -0.25) is 4.79 Å². The zero-order chi connectivity index (χ0) is 8.97. The van der Waals surface area contributed by atoms with Crippen molar-refractivity contribution >= 4 is 34.7 Å². The molecule has 0 aliphatic rings. The predicted molar refractivity (Wildman–Crippen MR) is 54.2 cm³/mol. The summed E-state index contributed by atoms with van der Waals surface area (Å²) >= 11 is 2.16. The van der Waals surface area contributed by atoms with Gasteiger partial charge in [-0.15, -0.1) is 0 Å². The Bertz CT molecular complexity index is 290. The summed E-state index contributed by atoms with van der Waals surface area (Å²) < 4.78 is 1.08. The molecule has 3 heteroatoms. The molecule has 1 aromatic carbocycles. The summed E-state index contributed by atoms with van der Waals surface area (Å²) in [6.45, 7) is 0. The van der Waals surface area contributed by atoms with Crippen molar-refractivity contribution in [3.05, 3.63) is 33.4 Å². The molecule has 1 aromatic rings. The number of benzene rings is 1. The zero-order valence-corrected chi connectivity index (χ0v) is 8.45. The quantitative estimate of drug-likeness (QED) is 0.366. The third-order valence-corrected chi connectivity index (χ3v) is 2.15. The van der Waals surface area contributed by atoms with Gasteiger partial charge in [0, 0.05) is 9.13 Å². The van der Waals surface area contributed by atoms with Crippen LogP contribution in [0.4, 0.5) is 0 Å². The van der Waals surface area contributed by atoms with E-state index < -0.39 is 0 Å². The van der Waals surface area contributed by atoms with Gasteiger partial charge in [-0.2, -0.15) is 0 Å². The fourth-order valence-corrected chi connectivity index (χ4v) is 1.19. The summed E-state index contributed by atoms with van der Waals surface area (Å²) in [5.41, 5.74) is 0.600. The molecule has 12 heavy (non-hydrogen) atoms. The fourth-order valence-electron chi connectivity index (χ4n) is 0.829. The number of halogens is 1. The van der Waals surface area contributed by atoms with E-state index in [1.165, 1.54) is 0 Å². The van der Waals surface area contributed by atoms with Crippen LogP contribution in [-0.2, 0) is 4.79 Å². The highest BCUT2D eigenvalue weighted by Crippen LogP contribution is 2.07. The number of hydrogen-bond acceptors (Lipinski definition) is 2. The molecule has 0 unspecified atom stereocenters. The molecule has 2 nitrogen and oxygen atoms in total. The average Bonchev–Trinajstić information content (AvgIpc) is 2.06. The van der Waals surface area contributed by atoms with Crippen LogP contribution in [0.5, 0.6) is 0 Å². The second kappa shape index (κ2) is 4.35. The van der Waals surface area contributed by atoms with Crippen molar-refractivity contribution in [3.63, 3.8) is 0 Å². The largest absolute Gasteiger partial charge is 0.303 e. The first-order valence-corrected chi connectivity index (χ1v) is 4.54. The van der Waals surface area contributed by atoms with E-state index in [1.54, 1.807) is 12.1 Å². The van der Waals surface area contributed by atoms with E-state index in [4.69, 9.17) is 0 Å². The van der Waals surface area contributed by atoms with E-state index >= 15 is 0 Å². The lowest BCUT2D eigenvalue weighted by atomic mass is 10.1. The topological polar surface area (TPSA) is 34.1 Å². The van der Waals surface area contributed by atoms with Crippen LogP contribution in [0, 0.1) is 3.57 Å². The van der Waals surface area contributed by atoms with Crippen molar-refractivity contribution in [2.45, 2.75) is 6.42 Å². The molecule has 0 aliphatic heterocycles. The first kappa shape index (κ1) is 9.38. The Balaban J connectivity index is 2.82. The fraction of sp³-hybridized carbons (Fsp3) is 0.111. The summed E-state index contributed by atoms with van der Waals surface area (Å²) in [6, 6.07) is 7.15. The van der Waals surface area contributed by atoms with Gasteiger partial charge in [0.2, 0.25) is 0 Å². The Morgan fingerprint density at radius 2 is 1.92 bits per heavy atom. The lowest BCUT2D eigenvalue weighted by Crippen LogP contribution is -1.98. The Kier molecular flexibility index (Phi) is 3.40. The molecule has 0 aliphatic carbocycles. The number of carbonyl (C=O) groups excluding carboxylic acids is 2. The molecule has 0 atom stereocenters. The molecule has 0 N–H and O–H groups in total. The van der Waals surface area contributed by atoms with E-state index in [0.717, 1.165) is 3.57 Å². The van der Waals surface area contributed by atoms with E-state index in [9.17, 15) is 9.59 Å². The van der Waals surface area contributed by atoms with Crippen LogP contribution >= 0.6 is 22.6 Å². The molecule has 0 radical (unpaired) electrons. The van der Waals surface area contributed by atoms with Gasteiger partial charge < -0.3 is 4.79 Å². The van der Waals surface area contributed by atoms with Crippen molar-refractivity contribution in [1.29, 1.82) is 0 Å². The number of carbonyl (C=O) groups is 2. The summed E-state index contributed by atoms with van der Waals surface area (Å²) in [4.78, 5) is 21.2. The van der Waals surface area contributed by atoms with E-state index in [-0.39, 0.29) is 12.2 Å². The third kappa shape index (κ3) is 2.41. The second-order valence-electron chi connectivity index (χ2n) is 2.30. The predicted octanol–water partition coefficient (Wildman–Crippen LogP) is 2.06. The lowest BCUT2D eigenvalue weighted by molar-refractivity contribution is -0.107. The minimum atomic E-state index is -0.124. The van der Waals surface area contributed by atoms with Gasteiger partial charge in [0.15, 0.2) is 5.78 Å². The lowest BCUT2D eigenvalue weighted by Gasteiger charge is -1.95. The molecule has 62 valence electrons. The zero-order valence-electron chi connectivity index (χ0n) is 6.29. The Morgan fingerprint density at radius 1 is 1.33 bits per heavy atom. The molecule has 0 heterocycles. The van der Waals surface area contributed by atoms with E-state index in [1.807, 2.05) is 12.1 Å². The Labute approximate surface area is 84.1 Å². The van der Waals surface area contributed by atoms with Gasteiger partial charge >= 0.3 is 0 Å². The number of hydrogen-bond donors (Lipinski definition) is 0. The number of aldehydes is 1. The molecular formula is C9H7IO2. The number of ketones is 1. The van der Waals surface area contributed by atoms with Gasteiger partial charge in [0.1, 0.15) is 6.29 Å². The van der Waals surface area contributed by atoms with Crippen LogP contribution in [0.2, 0.25) is 0 Å². The van der Waals surface area contributed by atoms with Gasteiger partial charge in [0.25, 0.3) is 0 Å². The molecule has 0 bridgehead atoms. The van der Waals surface area contributed by atoms with Crippen molar-refractivity contribution in [3.8, 4) is 0 Å². The van der Waals surface area contributed by atoms with Gasteiger partial charge in [-0.25, -0.2) is 0 Å². The first-order chi connectivity index (χ1) is 5.74. The van der Waals surface area contributed by atoms with Crippen LogP contribution in [0.25, 0.3) is 0 Å². The summed E-state index contributed by atoms with van der Waals surface area (Å²) in [6.07, 6.45) is 0.598. The van der Waals surface area contributed by atoms with Gasteiger partial charge in [-0.05, 0) is 34.7 Å². The number of rotatable bonds is 3. The van der Waals surface area contributed by atoms with Gasteiger partial charge in [0.05, 0.1) is 6.42 Å². The molecule has 0 saturated heterocycles. The maximum Gasteiger partial charge on any atom is 0.169 e. The monoisotopic (exact) mass is 274 g/mol. The highest BCUT2D eigenvalue weighted by atomic mass is 127. The normalized spacial score (nSPS) is 9.42. The Hall–Kier alpha value is -0.710. The molecule has 0 spiro atoms. The van der Waals surface area contributed by atoms with Crippen LogP contribution in [0.3, 0.4) is 0 Å². The molecule has 0 fully saturated rings. The van der Waals surface area contributed by atoms with E-state index in [0.29, 0.717) is 11.8 Å². The first-order valence-electron chi connectivity index (χ1n) is 3.46. The molecular weight excluding hydrogens is 267 g/mol. The van der Waals surface area contributed by atoms with Crippen molar-refractivity contribution in [1.82, 2.24) is 0 Å². The molecule has 0 amide bonds. The maximum atomic E-state index is 11.1. The van der Waals surface area contributed by atoms with Crippen molar-refractivity contribution in [2.75, 3.05) is 0 Å². The average molecular weight is 274 g/mol. The van der Waals surface area contributed by atoms with Crippen LogP contribution in [-0.4, -0.2) is 12.1 Å². The highest BCUT2D eigenvalue weighted by Gasteiger charge is 2.02. The van der Waals surface area contributed by atoms with Crippen molar-refractivity contribution < 1.29 is 9.59 Å². The Morgan fingerprint density at radius 3 is 2.42 bits per heavy atom. The van der Waals surface area contributed by atoms with E-state index in [2.05, 4.69) is 22.6 Å². The number of Topliss-reactive ketones (excluding diaryl/α,β-unsaturated/α-hetero) is 1. The minimum Gasteiger partial charge on any atom is -0.303 e. The van der Waals surface area contributed by atoms with Crippen LogP contribution in [0.1, 0.15) is 16.8 Å². The molecule has 0 aromatic heterocycles. The SMILES string of the molecule is O=CCC(=O)c1ccc(I)cc1. The second-order valence-corrected chi connectivity index (χ2v) is 3.55. The summed E-state index contributed by atoms with van der Waals surface area (Å²) in [5, 5.41) is 0. The highest BCUT2D eigenvalue weighted by molar-refractivity contribution is 14.1. The van der Waals surface area contributed by atoms with Crippen LogP contribution < -0.4 is 0 Å². The molecule has 1 rings (SSSR count). The smallest absolute Gasteiger partial charge is 0.169 e. The third-order valence-electron chi connectivity index (χ3n) is 1.43. The van der Waals surface area contributed by atoms with Gasteiger partial charge in [-0.1, -0.05) is 12.1 Å². The minimum absolute atomic E-state index is 0.0272. The van der Waals surface area contributed by atoms with Crippen LogP contribution in [0.15, 0.2) is 24.3 Å². The molecule has 0 saturated carbocycles. The standard InChI is InChI=1S/C9H7IO2/c10-8-3-1-7(2-4-8)9(12)5-6-11/h1-4,6H,5H2. The summed E-state index contributed by atoms with van der Waals surface area (Å²) in [5.74, 6) is -0.124.